The summed E-state index contributed by atoms with van der Waals surface area (Å²) in [6.45, 7) is 2.13. The minimum atomic E-state index is -0.270. The van der Waals surface area contributed by atoms with Crippen LogP contribution in [0.4, 0.5) is 11.4 Å². The van der Waals surface area contributed by atoms with Gasteiger partial charge in [0.15, 0.2) is 0 Å². The Labute approximate surface area is 177 Å². The maximum atomic E-state index is 12.9. The topological polar surface area (TPSA) is 66.5 Å². The van der Waals surface area contributed by atoms with Crippen molar-refractivity contribution in [2.24, 2.45) is 17.8 Å². The van der Waals surface area contributed by atoms with Gasteiger partial charge in [-0.3, -0.25) is 19.3 Å². The zero-order chi connectivity index (χ0) is 19.8. The number of hydrogen-bond acceptors (Lipinski definition) is 3. The Morgan fingerprint density at radius 1 is 1.04 bits per heavy atom. The van der Waals surface area contributed by atoms with Crippen molar-refractivity contribution in [3.8, 4) is 0 Å². The minimum absolute atomic E-state index is 0.128. The van der Waals surface area contributed by atoms with Crippen molar-refractivity contribution >= 4 is 51.7 Å². The first-order chi connectivity index (χ1) is 13.4. The quantitative estimate of drug-likeness (QED) is 0.513. The molecule has 2 aliphatic rings. The third-order valence-corrected chi connectivity index (χ3v) is 6.38. The van der Waals surface area contributed by atoms with Crippen LogP contribution in [0.1, 0.15) is 36.5 Å². The Balaban J connectivity index is 1.56. The van der Waals surface area contributed by atoms with E-state index in [1.807, 2.05) is 24.3 Å². The van der Waals surface area contributed by atoms with E-state index in [-0.39, 0.29) is 29.6 Å². The van der Waals surface area contributed by atoms with Crippen LogP contribution >= 0.6 is 22.6 Å². The highest BCUT2D eigenvalue weighted by atomic mass is 127. The molecule has 0 radical (unpaired) electrons. The Morgan fingerprint density at radius 3 is 2.50 bits per heavy atom. The summed E-state index contributed by atoms with van der Waals surface area (Å²) in [5, 5.41) is 2.85. The molecule has 4 rings (SSSR count). The predicted molar refractivity (Wildman–Crippen MR) is 116 cm³/mol. The minimum Gasteiger partial charge on any atom is -0.322 e. The summed E-state index contributed by atoms with van der Waals surface area (Å²) in [7, 11) is 0. The van der Waals surface area contributed by atoms with Gasteiger partial charge in [-0.15, -0.1) is 0 Å². The lowest BCUT2D eigenvalue weighted by atomic mass is 9.76. The molecule has 3 amide bonds. The SMILES string of the molecule is CC1CCC2C(=O)N(c3cccc(C(=O)Nc4ccc(I)cc4)c3)C(=O)C2C1. The zero-order valence-electron chi connectivity index (χ0n) is 15.5. The largest absolute Gasteiger partial charge is 0.322 e. The fourth-order valence-corrected chi connectivity index (χ4v) is 4.53. The van der Waals surface area contributed by atoms with E-state index >= 15 is 0 Å². The van der Waals surface area contributed by atoms with Gasteiger partial charge in [0.25, 0.3) is 5.91 Å². The summed E-state index contributed by atoms with van der Waals surface area (Å²) in [6.07, 6.45) is 2.51. The first kappa shape index (κ1) is 19.1. The monoisotopic (exact) mass is 488 g/mol. The second-order valence-electron chi connectivity index (χ2n) is 7.65. The van der Waals surface area contributed by atoms with Gasteiger partial charge >= 0.3 is 0 Å². The molecule has 2 fully saturated rings. The molecule has 1 N–H and O–H groups in total. The van der Waals surface area contributed by atoms with Crippen LogP contribution in [0.5, 0.6) is 0 Å². The molecule has 0 bridgehead atoms. The second kappa shape index (κ2) is 7.66. The van der Waals surface area contributed by atoms with E-state index in [4.69, 9.17) is 0 Å². The highest BCUT2D eigenvalue weighted by Gasteiger charge is 2.50. The third-order valence-electron chi connectivity index (χ3n) is 5.66. The number of carbonyl (C=O) groups excluding carboxylic acids is 3. The van der Waals surface area contributed by atoms with Crippen LogP contribution in [0.3, 0.4) is 0 Å². The van der Waals surface area contributed by atoms with Crippen molar-refractivity contribution in [3.05, 3.63) is 57.7 Å². The van der Waals surface area contributed by atoms with Gasteiger partial charge in [-0.25, -0.2) is 0 Å². The molecule has 2 aromatic carbocycles. The fraction of sp³-hybridized carbons (Fsp3) is 0.318. The van der Waals surface area contributed by atoms with Crippen molar-refractivity contribution < 1.29 is 14.4 Å². The van der Waals surface area contributed by atoms with Crippen molar-refractivity contribution in [2.75, 3.05) is 10.2 Å². The zero-order valence-corrected chi connectivity index (χ0v) is 17.7. The number of nitrogens with zero attached hydrogens (tertiary/aromatic N) is 1. The van der Waals surface area contributed by atoms with Gasteiger partial charge in [-0.2, -0.15) is 0 Å². The number of imide groups is 1. The number of amides is 3. The van der Waals surface area contributed by atoms with Gasteiger partial charge in [0.05, 0.1) is 17.5 Å². The van der Waals surface area contributed by atoms with Crippen molar-refractivity contribution in [1.82, 2.24) is 0 Å². The molecule has 3 atom stereocenters. The summed E-state index contributed by atoms with van der Waals surface area (Å²) in [5.41, 5.74) is 1.59. The maximum absolute atomic E-state index is 12.9. The fourth-order valence-electron chi connectivity index (χ4n) is 4.17. The molecule has 1 aliphatic heterocycles. The van der Waals surface area contributed by atoms with Crippen LogP contribution in [0.2, 0.25) is 0 Å². The normalized spacial score (nSPS) is 24.2. The van der Waals surface area contributed by atoms with Crippen molar-refractivity contribution in [2.45, 2.75) is 26.2 Å². The van der Waals surface area contributed by atoms with Crippen LogP contribution in [0, 0.1) is 21.3 Å². The van der Waals surface area contributed by atoms with E-state index in [9.17, 15) is 14.4 Å². The highest BCUT2D eigenvalue weighted by Crippen LogP contribution is 2.42. The molecule has 144 valence electrons. The number of rotatable bonds is 3. The molecule has 28 heavy (non-hydrogen) atoms. The first-order valence-corrected chi connectivity index (χ1v) is 10.6. The Bertz CT molecular complexity index is 941. The number of halogens is 1. The smallest absolute Gasteiger partial charge is 0.255 e. The Hall–Kier alpha value is -2.22. The Kier molecular flexibility index (Phi) is 5.23. The van der Waals surface area contributed by atoms with Gasteiger partial charge in [-0.1, -0.05) is 13.0 Å². The predicted octanol–water partition coefficient (Wildman–Crippen LogP) is 4.47. The van der Waals surface area contributed by atoms with E-state index in [2.05, 4.69) is 34.8 Å². The molecular weight excluding hydrogens is 467 g/mol. The standard InChI is InChI=1S/C22H21IN2O3/c1-13-5-10-18-19(11-13)22(28)25(21(18)27)17-4-2-3-14(12-17)20(26)24-16-8-6-15(23)7-9-16/h2-4,6-9,12-13,18-19H,5,10-11H2,1H3,(H,24,26). The Morgan fingerprint density at radius 2 is 1.75 bits per heavy atom. The lowest BCUT2D eigenvalue weighted by molar-refractivity contribution is -0.122. The van der Waals surface area contributed by atoms with E-state index in [1.54, 1.807) is 24.3 Å². The number of anilines is 2. The molecule has 0 spiro atoms. The number of nitrogens with one attached hydrogen (secondary N) is 1. The molecular formula is C22H21IN2O3. The second-order valence-corrected chi connectivity index (χ2v) is 8.90. The van der Waals surface area contributed by atoms with Crippen LogP contribution < -0.4 is 10.2 Å². The highest BCUT2D eigenvalue weighted by molar-refractivity contribution is 14.1. The lowest BCUT2D eigenvalue weighted by Crippen LogP contribution is -2.31. The van der Waals surface area contributed by atoms with Gasteiger partial charge in [0, 0.05) is 14.8 Å². The van der Waals surface area contributed by atoms with Gasteiger partial charge < -0.3 is 5.32 Å². The third kappa shape index (κ3) is 3.57. The van der Waals surface area contributed by atoms with E-state index in [1.165, 1.54) is 4.90 Å². The number of carbonyl (C=O) groups is 3. The van der Waals surface area contributed by atoms with Crippen LogP contribution in [0.15, 0.2) is 48.5 Å². The molecule has 2 aromatic rings. The summed E-state index contributed by atoms with van der Waals surface area (Å²) >= 11 is 2.20. The van der Waals surface area contributed by atoms with Crippen LogP contribution in [0.25, 0.3) is 0 Å². The van der Waals surface area contributed by atoms with Gasteiger partial charge in [0.1, 0.15) is 0 Å². The number of fused-ring (bicyclic) bond motifs is 1. The van der Waals surface area contributed by atoms with E-state index in [0.29, 0.717) is 22.9 Å². The summed E-state index contributed by atoms with van der Waals surface area (Å²) in [5.74, 6) is -0.500. The molecule has 1 saturated heterocycles. The summed E-state index contributed by atoms with van der Waals surface area (Å²) in [4.78, 5) is 39.7. The van der Waals surface area contributed by atoms with Gasteiger partial charge in [-0.05, 0) is 90.2 Å². The average molecular weight is 488 g/mol. The molecule has 1 aliphatic carbocycles. The molecule has 6 heteroatoms. The molecule has 3 unspecified atom stereocenters. The molecule has 5 nitrogen and oxygen atoms in total. The summed E-state index contributed by atoms with van der Waals surface area (Å²) in [6, 6.07) is 14.2. The van der Waals surface area contributed by atoms with Crippen LogP contribution in [-0.4, -0.2) is 17.7 Å². The van der Waals surface area contributed by atoms with E-state index < -0.39 is 0 Å². The first-order valence-electron chi connectivity index (χ1n) is 9.49. The molecule has 1 heterocycles. The lowest BCUT2D eigenvalue weighted by Gasteiger charge is -2.25. The van der Waals surface area contributed by atoms with Crippen LogP contribution in [-0.2, 0) is 9.59 Å². The van der Waals surface area contributed by atoms with Crippen molar-refractivity contribution in [1.29, 1.82) is 0 Å². The van der Waals surface area contributed by atoms with Crippen molar-refractivity contribution in [3.63, 3.8) is 0 Å². The molecule has 1 saturated carbocycles. The average Bonchev–Trinajstić information content (AvgIpc) is 2.93. The van der Waals surface area contributed by atoms with E-state index in [0.717, 1.165) is 22.8 Å². The molecule has 0 aromatic heterocycles. The van der Waals surface area contributed by atoms with Gasteiger partial charge in [0.2, 0.25) is 11.8 Å². The number of benzene rings is 2. The maximum Gasteiger partial charge on any atom is 0.255 e. The number of hydrogen-bond donors (Lipinski definition) is 1. The summed E-state index contributed by atoms with van der Waals surface area (Å²) < 4.78 is 1.08.